The van der Waals surface area contributed by atoms with Gasteiger partial charge < -0.3 is 5.11 Å². The van der Waals surface area contributed by atoms with Gasteiger partial charge >= 0.3 is 5.97 Å². The minimum absolute atomic E-state index is 0.283. The lowest BCUT2D eigenvalue weighted by Gasteiger charge is -2.57. The molecule has 4 atom stereocenters. The van der Waals surface area contributed by atoms with Gasteiger partial charge in [0, 0.05) is 6.42 Å². The molecule has 0 amide bonds. The highest BCUT2D eigenvalue weighted by Gasteiger charge is 2.51. The van der Waals surface area contributed by atoms with Gasteiger partial charge in [0.15, 0.2) is 0 Å². The first-order valence-electron chi connectivity index (χ1n) is 9.05. The maximum absolute atomic E-state index is 10.9. The Kier molecular flexibility index (Phi) is 5.09. The molecule has 2 heteroatoms. The van der Waals surface area contributed by atoms with Crippen molar-refractivity contribution in [3.8, 4) is 0 Å². The summed E-state index contributed by atoms with van der Waals surface area (Å²) < 4.78 is 0. The number of fused-ring (bicyclic) bond motifs is 1. The van der Waals surface area contributed by atoms with Crippen LogP contribution in [0.5, 0.6) is 0 Å². The predicted molar refractivity (Wildman–Crippen MR) is 91.7 cm³/mol. The van der Waals surface area contributed by atoms with E-state index in [1.807, 2.05) is 0 Å². The predicted octanol–water partition coefficient (Wildman–Crippen LogP) is 5.68. The fourth-order valence-electron chi connectivity index (χ4n) is 5.55. The van der Waals surface area contributed by atoms with E-state index in [2.05, 4.69) is 40.7 Å². The van der Waals surface area contributed by atoms with Crippen LogP contribution in [0.15, 0.2) is 11.6 Å². The zero-order valence-electron chi connectivity index (χ0n) is 15.1. The molecule has 126 valence electrons. The average molecular weight is 306 g/mol. The summed E-state index contributed by atoms with van der Waals surface area (Å²) >= 11 is 0. The summed E-state index contributed by atoms with van der Waals surface area (Å²) in [6, 6.07) is 0. The number of carboxylic acid groups (broad SMARTS) is 1. The second-order valence-corrected chi connectivity index (χ2v) is 8.92. The fourth-order valence-corrected chi connectivity index (χ4v) is 5.55. The van der Waals surface area contributed by atoms with E-state index in [-0.39, 0.29) is 5.92 Å². The molecule has 0 bridgehead atoms. The van der Waals surface area contributed by atoms with Gasteiger partial charge in [-0.1, -0.05) is 45.8 Å². The Morgan fingerprint density at radius 3 is 2.68 bits per heavy atom. The van der Waals surface area contributed by atoms with Gasteiger partial charge in [0.25, 0.3) is 0 Å². The third-order valence-corrected chi connectivity index (χ3v) is 6.77. The number of hydrogen-bond donors (Lipinski definition) is 1. The van der Waals surface area contributed by atoms with Crippen LogP contribution in [-0.4, -0.2) is 11.1 Å². The third kappa shape index (κ3) is 3.41. The second-order valence-electron chi connectivity index (χ2n) is 8.92. The molecule has 1 fully saturated rings. The van der Waals surface area contributed by atoms with Crippen molar-refractivity contribution in [2.75, 3.05) is 0 Å². The van der Waals surface area contributed by atoms with E-state index in [0.29, 0.717) is 23.2 Å². The highest BCUT2D eigenvalue weighted by molar-refractivity contribution is 5.66. The van der Waals surface area contributed by atoms with Gasteiger partial charge in [0.1, 0.15) is 0 Å². The molecule has 2 rings (SSSR count). The van der Waals surface area contributed by atoms with Crippen molar-refractivity contribution in [3.05, 3.63) is 11.6 Å². The molecule has 0 saturated heterocycles. The van der Waals surface area contributed by atoms with Crippen molar-refractivity contribution in [2.45, 2.75) is 79.6 Å². The van der Waals surface area contributed by atoms with E-state index < -0.39 is 5.97 Å². The van der Waals surface area contributed by atoms with Crippen molar-refractivity contribution >= 4 is 5.97 Å². The molecule has 1 saturated carbocycles. The minimum atomic E-state index is -0.661. The average Bonchev–Trinajstić information content (AvgIpc) is 2.35. The number of rotatable bonds is 5. The minimum Gasteiger partial charge on any atom is -0.481 e. The smallest absolute Gasteiger partial charge is 0.303 e. The van der Waals surface area contributed by atoms with Crippen LogP contribution in [0.3, 0.4) is 0 Å². The molecule has 0 aromatic heterocycles. The quantitative estimate of drug-likeness (QED) is 0.664. The van der Waals surface area contributed by atoms with E-state index in [9.17, 15) is 4.79 Å². The van der Waals surface area contributed by atoms with Crippen LogP contribution < -0.4 is 0 Å². The highest BCUT2D eigenvalue weighted by atomic mass is 16.4. The van der Waals surface area contributed by atoms with E-state index in [0.717, 1.165) is 18.8 Å². The highest BCUT2D eigenvalue weighted by Crippen LogP contribution is 2.60. The number of carboxylic acids is 1. The normalized spacial score (nSPS) is 35.4. The maximum atomic E-state index is 10.9. The Balaban J connectivity index is 2.13. The summed E-state index contributed by atoms with van der Waals surface area (Å²) in [6.45, 7) is 11.8. The summed E-state index contributed by atoms with van der Waals surface area (Å²) in [4.78, 5) is 10.9. The summed E-state index contributed by atoms with van der Waals surface area (Å²) in [6.07, 6.45) is 10.2. The zero-order valence-corrected chi connectivity index (χ0v) is 15.1. The number of hydrogen-bond acceptors (Lipinski definition) is 1. The Hall–Kier alpha value is -0.790. The maximum Gasteiger partial charge on any atom is 0.303 e. The molecular formula is C20H34O2. The van der Waals surface area contributed by atoms with E-state index in [4.69, 9.17) is 5.11 Å². The monoisotopic (exact) mass is 306 g/mol. The first kappa shape index (κ1) is 17.6. The van der Waals surface area contributed by atoms with Crippen molar-refractivity contribution in [1.82, 2.24) is 0 Å². The van der Waals surface area contributed by atoms with Crippen LogP contribution in [0.2, 0.25) is 0 Å². The summed E-state index contributed by atoms with van der Waals surface area (Å²) in [5, 5.41) is 8.97. The standard InChI is InChI=1S/C20H34O2/c1-14(13-18(21)22)7-9-16-15(2)8-10-17-19(3,4)11-6-12-20(16,17)5/h8,14,16-17H,6-7,9-13H2,1-5H3,(H,21,22)/t14-,16-,17-,20-/m0/s1. The van der Waals surface area contributed by atoms with E-state index in [1.165, 1.54) is 25.7 Å². The summed E-state index contributed by atoms with van der Waals surface area (Å²) in [7, 11) is 0. The van der Waals surface area contributed by atoms with Crippen LogP contribution in [0.1, 0.15) is 79.6 Å². The third-order valence-electron chi connectivity index (χ3n) is 6.77. The lowest BCUT2D eigenvalue weighted by atomic mass is 9.48. The zero-order chi connectivity index (χ0) is 16.5. The molecule has 1 N–H and O–H groups in total. The van der Waals surface area contributed by atoms with Crippen LogP contribution in [0.25, 0.3) is 0 Å². The van der Waals surface area contributed by atoms with Crippen molar-refractivity contribution in [2.24, 2.45) is 28.6 Å². The van der Waals surface area contributed by atoms with Gasteiger partial charge in [-0.15, -0.1) is 0 Å². The molecule has 0 aromatic rings. The van der Waals surface area contributed by atoms with Gasteiger partial charge in [-0.25, -0.2) is 0 Å². The van der Waals surface area contributed by atoms with Crippen molar-refractivity contribution in [3.63, 3.8) is 0 Å². The molecule has 0 unspecified atom stereocenters. The van der Waals surface area contributed by atoms with Gasteiger partial charge in [-0.05, 0) is 67.6 Å². The molecule has 22 heavy (non-hydrogen) atoms. The van der Waals surface area contributed by atoms with Crippen LogP contribution in [0.4, 0.5) is 0 Å². The molecule has 0 radical (unpaired) electrons. The van der Waals surface area contributed by atoms with Crippen LogP contribution in [0, 0.1) is 28.6 Å². The Bertz CT molecular complexity index is 449. The molecule has 0 heterocycles. The van der Waals surface area contributed by atoms with E-state index in [1.54, 1.807) is 5.57 Å². The SMILES string of the molecule is CC1=CC[C@H]2C(C)(C)CCC[C@@]2(C)[C@H]1CC[C@H](C)CC(=O)O. The first-order valence-corrected chi connectivity index (χ1v) is 9.05. The van der Waals surface area contributed by atoms with E-state index >= 15 is 0 Å². The Morgan fingerprint density at radius 2 is 2.05 bits per heavy atom. The van der Waals surface area contributed by atoms with Crippen molar-refractivity contribution in [1.29, 1.82) is 0 Å². The molecule has 2 aliphatic rings. The number of carbonyl (C=O) groups is 1. The largest absolute Gasteiger partial charge is 0.481 e. The summed E-state index contributed by atoms with van der Waals surface area (Å²) in [5.74, 6) is 1.04. The molecule has 2 aliphatic carbocycles. The number of aliphatic carboxylic acids is 1. The molecule has 2 nitrogen and oxygen atoms in total. The Morgan fingerprint density at radius 1 is 1.36 bits per heavy atom. The van der Waals surface area contributed by atoms with Gasteiger partial charge in [-0.3, -0.25) is 4.79 Å². The Labute approximate surface area is 136 Å². The lowest BCUT2D eigenvalue weighted by molar-refractivity contribution is -0.138. The second kappa shape index (κ2) is 6.37. The number of allylic oxidation sites excluding steroid dienone is 2. The topological polar surface area (TPSA) is 37.3 Å². The molecular weight excluding hydrogens is 272 g/mol. The molecule has 0 spiro atoms. The van der Waals surface area contributed by atoms with Gasteiger partial charge in [-0.2, -0.15) is 0 Å². The van der Waals surface area contributed by atoms with Crippen LogP contribution in [-0.2, 0) is 4.79 Å². The summed E-state index contributed by atoms with van der Waals surface area (Å²) in [5.41, 5.74) is 2.40. The molecule has 0 aliphatic heterocycles. The van der Waals surface area contributed by atoms with Crippen molar-refractivity contribution < 1.29 is 9.90 Å². The fraction of sp³-hybridized carbons (Fsp3) is 0.850. The molecule has 0 aromatic carbocycles. The van der Waals surface area contributed by atoms with Gasteiger partial charge in [0.05, 0.1) is 0 Å². The van der Waals surface area contributed by atoms with Crippen LogP contribution >= 0.6 is 0 Å². The first-order chi connectivity index (χ1) is 10.2. The lowest BCUT2D eigenvalue weighted by Crippen LogP contribution is -2.48. The van der Waals surface area contributed by atoms with Gasteiger partial charge in [0.2, 0.25) is 0 Å².